The first-order valence-corrected chi connectivity index (χ1v) is 10.8. The highest BCUT2D eigenvalue weighted by molar-refractivity contribution is 8.19. The van der Waals surface area contributed by atoms with E-state index in [0.29, 0.717) is 0 Å². The Labute approximate surface area is 158 Å². The fraction of sp³-hybridized carbons (Fsp3) is 0.579. The number of nitrogens with zero attached hydrogens (tertiary/aromatic N) is 2. The largest absolute Gasteiger partial charge is 0.497 e. The standard InChI is InChI=1S/C19H26N2O2S2/c1-6-10-24-19(25-11-7-2)17(22)20-16-18(19,3)14-12-13(23-5)8-9-15(14)21(16)4/h8-9,12H,6-7,10-11H2,1-5H3. The number of hydrogen-bond donors (Lipinski definition) is 0. The molecule has 0 saturated heterocycles. The van der Waals surface area contributed by atoms with Crippen LogP contribution >= 0.6 is 23.5 Å². The van der Waals surface area contributed by atoms with Crippen molar-refractivity contribution in [2.45, 2.75) is 43.1 Å². The Balaban J connectivity index is 2.19. The van der Waals surface area contributed by atoms with Crippen molar-refractivity contribution in [2.75, 3.05) is 30.6 Å². The number of anilines is 1. The van der Waals surface area contributed by atoms with Gasteiger partial charge in [-0.05, 0) is 55.0 Å². The fourth-order valence-corrected chi connectivity index (χ4v) is 6.88. The number of rotatable bonds is 7. The minimum Gasteiger partial charge on any atom is -0.497 e. The summed E-state index contributed by atoms with van der Waals surface area (Å²) in [4.78, 5) is 19.8. The van der Waals surface area contributed by atoms with Crippen LogP contribution in [0.1, 0.15) is 39.2 Å². The molecular formula is C19H26N2O2S2. The molecule has 2 heterocycles. The highest BCUT2D eigenvalue weighted by Crippen LogP contribution is 2.62. The Hall–Kier alpha value is -1.14. The Bertz CT molecular complexity index is 711. The summed E-state index contributed by atoms with van der Waals surface area (Å²) >= 11 is 3.53. The van der Waals surface area contributed by atoms with Gasteiger partial charge < -0.3 is 9.64 Å². The average Bonchev–Trinajstić information content (AvgIpc) is 2.97. The van der Waals surface area contributed by atoms with Gasteiger partial charge in [-0.25, -0.2) is 0 Å². The van der Waals surface area contributed by atoms with Crippen molar-refractivity contribution in [3.8, 4) is 5.75 Å². The number of fused-ring (bicyclic) bond motifs is 3. The van der Waals surface area contributed by atoms with Crippen molar-refractivity contribution in [1.29, 1.82) is 0 Å². The van der Waals surface area contributed by atoms with Crippen molar-refractivity contribution in [3.05, 3.63) is 23.8 Å². The third-order valence-electron chi connectivity index (χ3n) is 5.03. The summed E-state index contributed by atoms with van der Waals surface area (Å²) < 4.78 is 4.87. The van der Waals surface area contributed by atoms with E-state index < -0.39 is 9.49 Å². The molecule has 1 aromatic carbocycles. The Morgan fingerprint density at radius 1 is 1.20 bits per heavy atom. The van der Waals surface area contributed by atoms with E-state index in [2.05, 4.69) is 42.8 Å². The smallest absolute Gasteiger partial charge is 0.275 e. The van der Waals surface area contributed by atoms with E-state index in [9.17, 15) is 4.79 Å². The van der Waals surface area contributed by atoms with Gasteiger partial charge in [-0.1, -0.05) is 13.8 Å². The number of carbonyl (C=O) groups is 1. The van der Waals surface area contributed by atoms with Crippen LogP contribution < -0.4 is 9.64 Å². The molecule has 0 aliphatic carbocycles. The molecule has 0 spiro atoms. The first kappa shape index (κ1) is 18.6. The number of methoxy groups -OCH3 is 1. The highest BCUT2D eigenvalue weighted by atomic mass is 32.2. The minimum atomic E-state index is -0.597. The molecule has 25 heavy (non-hydrogen) atoms. The number of benzene rings is 1. The summed E-state index contributed by atoms with van der Waals surface area (Å²) in [6.07, 6.45) is 2.08. The summed E-state index contributed by atoms with van der Waals surface area (Å²) in [6, 6.07) is 6.13. The molecule has 1 atom stereocenters. The van der Waals surface area contributed by atoms with Gasteiger partial charge in [0, 0.05) is 12.7 Å². The first-order chi connectivity index (χ1) is 12.0. The number of amidine groups is 1. The van der Waals surface area contributed by atoms with E-state index in [-0.39, 0.29) is 5.91 Å². The van der Waals surface area contributed by atoms with Crippen LogP contribution in [0.25, 0.3) is 0 Å². The minimum absolute atomic E-state index is 0.00206. The van der Waals surface area contributed by atoms with Gasteiger partial charge in [-0.2, -0.15) is 4.99 Å². The number of ether oxygens (including phenoxy) is 1. The first-order valence-electron chi connectivity index (χ1n) is 8.80. The molecule has 0 saturated carbocycles. The van der Waals surface area contributed by atoms with Gasteiger partial charge in [-0.15, -0.1) is 23.5 Å². The molecular weight excluding hydrogens is 352 g/mol. The van der Waals surface area contributed by atoms with E-state index in [0.717, 1.165) is 47.2 Å². The Kier molecular flexibility index (Phi) is 5.13. The van der Waals surface area contributed by atoms with Crippen molar-refractivity contribution in [1.82, 2.24) is 0 Å². The molecule has 0 bridgehead atoms. The van der Waals surface area contributed by atoms with Crippen LogP contribution in [0.5, 0.6) is 5.75 Å². The summed E-state index contributed by atoms with van der Waals surface area (Å²) in [5.74, 6) is 3.59. The number of carbonyl (C=O) groups excluding carboxylic acids is 1. The zero-order chi connectivity index (χ0) is 18.2. The van der Waals surface area contributed by atoms with Gasteiger partial charge in [0.25, 0.3) is 5.91 Å². The molecule has 3 rings (SSSR count). The summed E-state index contributed by atoms with van der Waals surface area (Å²) in [5, 5.41) is 0. The number of amides is 1. The predicted octanol–water partition coefficient (Wildman–Crippen LogP) is 4.32. The van der Waals surface area contributed by atoms with Crippen LogP contribution in [-0.4, -0.2) is 41.5 Å². The second-order valence-electron chi connectivity index (χ2n) is 6.62. The second kappa shape index (κ2) is 6.88. The van der Waals surface area contributed by atoms with Crippen LogP contribution in [-0.2, 0) is 10.2 Å². The Morgan fingerprint density at radius 3 is 2.40 bits per heavy atom. The lowest BCUT2D eigenvalue weighted by Crippen LogP contribution is -2.50. The highest BCUT2D eigenvalue weighted by Gasteiger charge is 2.66. The van der Waals surface area contributed by atoms with E-state index in [4.69, 9.17) is 4.74 Å². The average molecular weight is 379 g/mol. The number of likely N-dealkylation sites (N-methyl/N-ethyl adjacent to an activating group) is 1. The molecule has 0 N–H and O–H groups in total. The lowest BCUT2D eigenvalue weighted by molar-refractivity contribution is -0.117. The van der Waals surface area contributed by atoms with Crippen molar-refractivity contribution < 1.29 is 9.53 Å². The van der Waals surface area contributed by atoms with Crippen LogP contribution in [0.2, 0.25) is 0 Å². The molecule has 2 aliphatic rings. The van der Waals surface area contributed by atoms with Crippen molar-refractivity contribution in [2.24, 2.45) is 4.99 Å². The predicted molar refractivity (Wildman–Crippen MR) is 109 cm³/mol. The molecule has 136 valence electrons. The molecule has 1 aromatic rings. The summed E-state index contributed by atoms with van der Waals surface area (Å²) in [5.41, 5.74) is 1.82. The zero-order valence-corrected chi connectivity index (χ0v) is 17.2. The van der Waals surface area contributed by atoms with Crippen LogP contribution in [0.4, 0.5) is 5.69 Å². The van der Waals surface area contributed by atoms with Gasteiger partial charge in [0.1, 0.15) is 11.6 Å². The van der Waals surface area contributed by atoms with Gasteiger partial charge in [0.15, 0.2) is 4.08 Å². The van der Waals surface area contributed by atoms with E-state index in [1.165, 1.54) is 0 Å². The molecule has 0 radical (unpaired) electrons. The molecule has 0 aromatic heterocycles. The quantitative estimate of drug-likeness (QED) is 0.661. The Morgan fingerprint density at radius 2 is 1.84 bits per heavy atom. The number of thioether (sulfide) groups is 2. The topological polar surface area (TPSA) is 41.9 Å². The fourth-order valence-electron chi connectivity index (χ4n) is 3.75. The molecule has 0 fully saturated rings. The van der Waals surface area contributed by atoms with Crippen molar-refractivity contribution >= 4 is 41.0 Å². The maximum absolute atomic E-state index is 13.1. The normalized spacial score (nSPS) is 23.5. The monoisotopic (exact) mass is 378 g/mol. The molecule has 1 unspecified atom stereocenters. The summed E-state index contributed by atoms with van der Waals surface area (Å²) in [6.45, 7) is 6.50. The number of aliphatic imine (C=N–C) groups is 1. The molecule has 2 aliphatic heterocycles. The summed E-state index contributed by atoms with van der Waals surface area (Å²) in [7, 11) is 3.69. The maximum atomic E-state index is 13.1. The number of hydrogen-bond acceptors (Lipinski definition) is 5. The van der Waals surface area contributed by atoms with Gasteiger partial charge >= 0.3 is 0 Å². The third kappa shape index (κ3) is 2.52. The van der Waals surface area contributed by atoms with Gasteiger partial charge in [-0.3, -0.25) is 4.79 Å². The van der Waals surface area contributed by atoms with E-state index in [1.807, 2.05) is 13.1 Å². The maximum Gasteiger partial charge on any atom is 0.275 e. The lowest BCUT2D eigenvalue weighted by atomic mass is 9.80. The van der Waals surface area contributed by atoms with Gasteiger partial charge in [0.2, 0.25) is 0 Å². The van der Waals surface area contributed by atoms with Crippen LogP contribution in [0.15, 0.2) is 23.2 Å². The zero-order valence-electron chi connectivity index (χ0n) is 15.6. The lowest BCUT2D eigenvalue weighted by Gasteiger charge is -2.39. The van der Waals surface area contributed by atoms with Crippen molar-refractivity contribution in [3.63, 3.8) is 0 Å². The van der Waals surface area contributed by atoms with E-state index in [1.54, 1.807) is 30.6 Å². The molecule has 4 nitrogen and oxygen atoms in total. The second-order valence-corrected chi connectivity index (χ2v) is 9.50. The molecule has 6 heteroatoms. The van der Waals surface area contributed by atoms with Crippen LogP contribution in [0.3, 0.4) is 0 Å². The third-order valence-corrected chi connectivity index (χ3v) is 8.95. The van der Waals surface area contributed by atoms with Crippen LogP contribution in [0, 0.1) is 0 Å². The van der Waals surface area contributed by atoms with E-state index >= 15 is 0 Å². The van der Waals surface area contributed by atoms with Gasteiger partial charge in [0.05, 0.1) is 12.5 Å². The molecule has 1 amide bonds. The SMILES string of the molecule is CCCSC1(SCCC)C(=O)N=C2N(C)c3ccc(OC)cc3C21C.